The van der Waals surface area contributed by atoms with Gasteiger partial charge in [-0.1, -0.05) is 18.2 Å². The third-order valence-electron chi connectivity index (χ3n) is 4.87. The van der Waals surface area contributed by atoms with Crippen molar-refractivity contribution >= 4 is 49.9 Å². The van der Waals surface area contributed by atoms with Crippen LogP contribution in [-0.4, -0.2) is 20.9 Å². The summed E-state index contributed by atoms with van der Waals surface area (Å²) in [5.74, 6) is -0.279. The molecule has 3 aromatic carbocycles. The highest BCUT2D eigenvalue weighted by atomic mass is 127. The number of sulfonamides is 1. The van der Waals surface area contributed by atoms with Gasteiger partial charge in [-0.2, -0.15) is 0 Å². The van der Waals surface area contributed by atoms with Crippen LogP contribution in [0, 0.1) is 3.57 Å². The molecule has 1 aliphatic rings. The molecule has 7 heteroatoms. The van der Waals surface area contributed by atoms with Crippen LogP contribution < -0.4 is 9.62 Å². The Balaban J connectivity index is 1.56. The maximum absolute atomic E-state index is 13.2. The van der Waals surface area contributed by atoms with Crippen LogP contribution in [0.3, 0.4) is 0 Å². The lowest BCUT2D eigenvalue weighted by molar-refractivity contribution is 0.102. The van der Waals surface area contributed by atoms with Gasteiger partial charge in [0, 0.05) is 21.4 Å². The minimum absolute atomic E-state index is 0.181. The van der Waals surface area contributed by atoms with Crippen LogP contribution in [0.2, 0.25) is 0 Å². The minimum Gasteiger partial charge on any atom is -0.322 e. The molecule has 148 valence electrons. The van der Waals surface area contributed by atoms with Crippen LogP contribution in [0.1, 0.15) is 22.3 Å². The van der Waals surface area contributed by atoms with Crippen molar-refractivity contribution in [2.75, 3.05) is 16.2 Å². The number of benzene rings is 3. The molecule has 1 aliphatic heterocycles. The summed E-state index contributed by atoms with van der Waals surface area (Å²) in [6.45, 7) is 0.453. The summed E-state index contributed by atoms with van der Waals surface area (Å²) in [7, 11) is -3.68. The number of fused-ring (bicyclic) bond motifs is 1. The molecule has 0 saturated carbocycles. The molecule has 0 fully saturated rings. The molecular weight excluding hydrogens is 499 g/mol. The molecular formula is C22H19IN2O3S. The van der Waals surface area contributed by atoms with E-state index in [4.69, 9.17) is 0 Å². The molecule has 5 nitrogen and oxygen atoms in total. The number of carbonyl (C=O) groups excluding carboxylic acids is 1. The van der Waals surface area contributed by atoms with Crippen molar-refractivity contribution in [2.24, 2.45) is 0 Å². The van der Waals surface area contributed by atoms with Crippen molar-refractivity contribution in [3.8, 4) is 0 Å². The molecule has 0 unspecified atom stereocenters. The second-order valence-corrected chi connectivity index (χ2v) is 9.90. The average Bonchev–Trinajstić information content (AvgIpc) is 2.75. The Morgan fingerprint density at radius 3 is 2.34 bits per heavy atom. The van der Waals surface area contributed by atoms with Crippen LogP contribution in [0.4, 0.5) is 11.4 Å². The van der Waals surface area contributed by atoms with Crippen molar-refractivity contribution < 1.29 is 13.2 Å². The molecule has 1 heterocycles. The van der Waals surface area contributed by atoms with E-state index in [1.807, 2.05) is 48.5 Å². The van der Waals surface area contributed by atoms with Gasteiger partial charge in [0.25, 0.3) is 15.9 Å². The molecule has 0 saturated heterocycles. The monoisotopic (exact) mass is 518 g/mol. The summed E-state index contributed by atoms with van der Waals surface area (Å²) in [6.07, 6.45) is 1.66. The van der Waals surface area contributed by atoms with Gasteiger partial charge in [-0.05, 0) is 95.6 Å². The first-order valence-electron chi connectivity index (χ1n) is 9.23. The number of halogens is 1. The van der Waals surface area contributed by atoms with Gasteiger partial charge in [-0.15, -0.1) is 0 Å². The van der Waals surface area contributed by atoms with Crippen molar-refractivity contribution in [1.29, 1.82) is 0 Å². The fourth-order valence-corrected chi connectivity index (χ4v) is 5.29. The van der Waals surface area contributed by atoms with Crippen LogP contribution in [0.5, 0.6) is 0 Å². The number of carbonyl (C=O) groups is 1. The molecule has 0 aromatic heterocycles. The van der Waals surface area contributed by atoms with Gasteiger partial charge in [0.1, 0.15) is 0 Å². The van der Waals surface area contributed by atoms with E-state index in [9.17, 15) is 13.2 Å². The van der Waals surface area contributed by atoms with E-state index in [0.717, 1.165) is 27.7 Å². The standard InChI is InChI=1S/C22H19IN2O3S/c23-18-9-11-19(12-10-18)24-22(26)17-7-13-20(14-8-17)29(27,28)25-15-3-5-16-4-1-2-6-21(16)25/h1-2,4,6-14H,3,5,15H2,(H,24,26). The predicted octanol–water partition coefficient (Wildman–Crippen LogP) is 4.69. The Hall–Kier alpha value is -2.39. The average molecular weight is 518 g/mol. The van der Waals surface area contributed by atoms with Gasteiger partial charge in [-0.3, -0.25) is 9.10 Å². The van der Waals surface area contributed by atoms with E-state index in [-0.39, 0.29) is 10.8 Å². The van der Waals surface area contributed by atoms with E-state index in [1.54, 1.807) is 12.1 Å². The highest BCUT2D eigenvalue weighted by molar-refractivity contribution is 14.1. The SMILES string of the molecule is O=C(Nc1ccc(I)cc1)c1ccc(S(=O)(=O)N2CCCc3ccccc32)cc1. The second-order valence-electron chi connectivity index (χ2n) is 6.79. The summed E-state index contributed by atoms with van der Waals surface area (Å²) in [5, 5.41) is 2.82. The Bertz CT molecular complexity index is 1140. The third kappa shape index (κ3) is 4.16. The van der Waals surface area contributed by atoms with Gasteiger partial charge < -0.3 is 5.32 Å². The number of aryl methyl sites for hydroxylation is 1. The molecule has 0 aliphatic carbocycles. The molecule has 0 spiro atoms. The number of hydrogen-bond donors (Lipinski definition) is 1. The van der Waals surface area contributed by atoms with Crippen molar-refractivity contribution in [3.63, 3.8) is 0 Å². The zero-order valence-corrected chi connectivity index (χ0v) is 18.5. The number of nitrogens with zero attached hydrogens (tertiary/aromatic N) is 1. The number of hydrogen-bond acceptors (Lipinski definition) is 3. The van der Waals surface area contributed by atoms with Gasteiger partial charge in [0.2, 0.25) is 0 Å². The maximum atomic E-state index is 13.2. The summed E-state index contributed by atoms with van der Waals surface area (Å²) in [4.78, 5) is 12.6. The largest absolute Gasteiger partial charge is 0.322 e. The Labute approximate surface area is 183 Å². The molecule has 0 bridgehead atoms. The third-order valence-corrected chi connectivity index (χ3v) is 7.42. The van der Waals surface area contributed by atoms with E-state index in [1.165, 1.54) is 16.4 Å². The van der Waals surface area contributed by atoms with Crippen LogP contribution >= 0.6 is 22.6 Å². The van der Waals surface area contributed by atoms with Gasteiger partial charge >= 0.3 is 0 Å². The van der Waals surface area contributed by atoms with Crippen molar-refractivity contribution in [1.82, 2.24) is 0 Å². The normalized spacial score (nSPS) is 13.6. The highest BCUT2D eigenvalue weighted by Crippen LogP contribution is 2.31. The number of anilines is 2. The first kappa shape index (κ1) is 19.9. The fraction of sp³-hybridized carbons (Fsp3) is 0.136. The highest BCUT2D eigenvalue weighted by Gasteiger charge is 2.28. The van der Waals surface area contributed by atoms with Crippen LogP contribution in [-0.2, 0) is 16.4 Å². The number of nitrogens with one attached hydrogen (secondary N) is 1. The number of para-hydroxylation sites is 1. The maximum Gasteiger partial charge on any atom is 0.264 e. The molecule has 4 rings (SSSR count). The summed E-state index contributed by atoms with van der Waals surface area (Å²) in [6, 6.07) is 21.1. The first-order chi connectivity index (χ1) is 13.9. The van der Waals surface area contributed by atoms with Crippen LogP contribution in [0.25, 0.3) is 0 Å². The van der Waals surface area contributed by atoms with Crippen LogP contribution in [0.15, 0.2) is 77.7 Å². The number of rotatable bonds is 4. The molecule has 1 N–H and O–H groups in total. The fourth-order valence-electron chi connectivity index (χ4n) is 3.39. The van der Waals surface area contributed by atoms with Gasteiger partial charge in [-0.25, -0.2) is 8.42 Å². The zero-order chi connectivity index (χ0) is 20.4. The lowest BCUT2D eigenvalue weighted by Crippen LogP contribution is -2.35. The molecule has 0 radical (unpaired) electrons. The molecule has 29 heavy (non-hydrogen) atoms. The smallest absolute Gasteiger partial charge is 0.264 e. The molecule has 0 atom stereocenters. The topological polar surface area (TPSA) is 66.5 Å². The van der Waals surface area contributed by atoms with Gasteiger partial charge in [0.05, 0.1) is 10.6 Å². The zero-order valence-electron chi connectivity index (χ0n) is 15.5. The Morgan fingerprint density at radius 2 is 1.62 bits per heavy atom. The Morgan fingerprint density at radius 1 is 0.931 bits per heavy atom. The lowest BCUT2D eigenvalue weighted by atomic mass is 10.0. The number of amides is 1. The second kappa shape index (κ2) is 8.16. The summed E-state index contributed by atoms with van der Waals surface area (Å²) >= 11 is 2.20. The van der Waals surface area contributed by atoms with Gasteiger partial charge in [0.15, 0.2) is 0 Å². The quantitative estimate of drug-likeness (QED) is 0.510. The van der Waals surface area contributed by atoms with Crippen molar-refractivity contribution in [2.45, 2.75) is 17.7 Å². The summed E-state index contributed by atoms with van der Waals surface area (Å²) < 4.78 is 28.9. The van der Waals surface area contributed by atoms with Crippen molar-refractivity contribution in [3.05, 3.63) is 87.5 Å². The molecule has 3 aromatic rings. The predicted molar refractivity (Wildman–Crippen MR) is 123 cm³/mol. The lowest BCUT2D eigenvalue weighted by Gasteiger charge is -2.30. The molecule has 1 amide bonds. The van der Waals surface area contributed by atoms with E-state index in [0.29, 0.717) is 17.8 Å². The Kier molecular flexibility index (Phi) is 5.60. The first-order valence-corrected chi connectivity index (χ1v) is 11.7. The minimum atomic E-state index is -3.68. The van der Waals surface area contributed by atoms with E-state index < -0.39 is 10.0 Å². The van der Waals surface area contributed by atoms with E-state index in [2.05, 4.69) is 27.9 Å². The summed E-state index contributed by atoms with van der Waals surface area (Å²) in [5.41, 5.74) is 2.87. The van der Waals surface area contributed by atoms with E-state index >= 15 is 0 Å².